The van der Waals surface area contributed by atoms with Crippen molar-refractivity contribution in [1.82, 2.24) is 9.71 Å². The third-order valence-electron chi connectivity index (χ3n) is 1.82. The molecule has 0 saturated carbocycles. The quantitative estimate of drug-likeness (QED) is 0.745. The SMILES string of the molecule is C#CC(C)(C)NS(=O)(=O)c1ccc(N)nc1. The van der Waals surface area contributed by atoms with Gasteiger partial charge < -0.3 is 5.73 Å². The number of nitrogens with one attached hydrogen (secondary N) is 1. The van der Waals surface area contributed by atoms with Crippen LogP contribution >= 0.6 is 0 Å². The van der Waals surface area contributed by atoms with Crippen LogP contribution in [0, 0.1) is 12.3 Å². The molecule has 1 rings (SSSR count). The van der Waals surface area contributed by atoms with E-state index in [0.717, 1.165) is 0 Å². The summed E-state index contributed by atoms with van der Waals surface area (Å²) >= 11 is 0. The van der Waals surface area contributed by atoms with E-state index in [4.69, 9.17) is 12.2 Å². The van der Waals surface area contributed by atoms with Crippen molar-refractivity contribution in [3.8, 4) is 12.3 Å². The summed E-state index contributed by atoms with van der Waals surface area (Å²) in [5.74, 6) is 2.60. The Bertz CT molecular complexity index is 512. The standard InChI is InChI=1S/C10H13N3O2S/c1-4-10(2,3)13-16(14,15)8-5-6-9(11)12-7-8/h1,5-7,13H,2-3H3,(H2,11,12). The number of hydrogen-bond acceptors (Lipinski definition) is 4. The van der Waals surface area contributed by atoms with E-state index in [1.54, 1.807) is 13.8 Å². The van der Waals surface area contributed by atoms with E-state index in [9.17, 15) is 8.42 Å². The number of pyridine rings is 1. The summed E-state index contributed by atoms with van der Waals surface area (Å²) in [6.07, 6.45) is 6.39. The van der Waals surface area contributed by atoms with Crippen molar-refractivity contribution in [2.45, 2.75) is 24.3 Å². The highest BCUT2D eigenvalue weighted by atomic mass is 32.2. The summed E-state index contributed by atoms with van der Waals surface area (Å²) in [5.41, 5.74) is 4.42. The number of anilines is 1. The summed E-state index contributed by atoms with van der Waals surface area (Å²) in [4.78, 5) is 3.74. The van der Waals surface area contributed by atoms with Gasteiger partial charge in [0.25, 0.3) is 0 Å². The molecule has 0 aliphatic rings. The van der Waals surface area contributed by atoms with Gasteiger partial charge in [-0.05, 0) is 26.0 Å². The monoisotopic (exact) mass is 239 g/mol. The second-order valence-corrected chi connectivity index (χ2v) is 5.48. The Labute approximate surface area is 95.1 Å². The molecule has 0 bridgehead atoms. The van der Waals surface area contributed by atoms with E-state index in [0.29, 0.717) is 0 Å². The molecule has 0 aliphatic heterocycles. The highest BCUT2D eigenvalue weighted by Crippen LogP contribution is 2.12. The smallest absolute Gasteiger partial charge is 0.243 e. The van der Waals surface area contributed by atoms with Crippen LogP contribution in [0.15, 0.2) is 23.2 Å². The van der Waals surface area contributed by atoms with E-state index in [1.165, 1.54) is 18.3 Å². The van der Waals surface area contributed by atoms with Crippen LogP contribution in [0.1, 0.15) is 13.8 Å². The van der Waals surface area contributed by atoms with Crippen molar-refractivity contribution >= 4 is 15.8 Å². The van der Waals surface area contributed by atoms with E-state index in [1.807, 2.05) is 0 Å². The van der Waals surface area contributed by atoms with Crippen LogP contribution in [-0.2, 0) is 10.0 Å². The van der Waals surface area contributed by atoms with Gasteiger partial charge in [0.1, 0.15) is 10.7 Å². The zero-order valence-electron chi connectivity index (χ0n) is 9.06. The van der Waals surface area contributed by atoms with Gasteiger partial charge in [0, 0.05) is 6.20 Å². The predicted molar refractivity (Wildman–Crippen MR) is 61.9 cm³/mol. The van der Waals surface area contributed by atoms with Crippen LogP contribution in [0.3, 0.4) is 0 Å². The lowest BCUT2D eigenvalue weighted by molar-refractivity contribution is 0.539. The fourth-order valence-electron chi connectivity index (χ4n) is 0.975. The fraction of sp³-hybridized carbons (Fsp3) is 0.300. The first kappa shape index (κ1) is 12.5. The van der Waals surface area contributed by atoms with Crippen LogP contribution in [0.4, 0.5) is 5.82 Å². The third kappa shape index (κ3) is 2.95. The minimum absolute atomic E-state index is 0.0324. The van der Waals surface area contributed by atoms with Gasteiger partial charge in [-0.25, -0.2) is 13.4 Å². The first-order valence-electron chi connectivity index (χ1n) is 4.50. The number of sulfonamides is 1. The number of rotatable bonds is 3. The molecule has 0 aromatic carbocycles. The zero-order valence-corrected chi connectivity index (χ0v) is 9.88. The van der Waals surface area contributed by atoms with Gasteiger partial charge in [0.05, 0.1) is 5.54 Å². The lowest BCUT2D eigenvalue weighted by Crippen LogP contribution is -2.41. The van der Waals surface area contributed by atoms with Gasteiger partial charge in [0.2, 0.25) is 10.0 Å². The van der Waals surface area contributed by atoms with E-state index in [2.05, 4.69) is 15.6 Å². The largest absolute Gasteiger partial charge is 0.384 e. The van der Waals surface area contributed by atoms with Gasteiger partial charge in [-0.15, -0.1) is 6.42 Å². The molecule has 1 aromatic rings. The maximum atomic E-state index is 11.8. The number of hydrogen-bond donors (Lipinski definition) is 2. The topological polar surface area (TPSA) is 85.1 Å². The van der Waals surface area contributed by atoms with Crippen molar-refractivity contribution in [2.75, 3.05) is 5.73 Å². The molecule has 3 N–H and O–H groups in total. The average molecular weight is 239 g/mol. The second-order valence-electron chi connectivity index (χ2n) is 3.79. The molecule has 5 nitrogen and oxygen atoms in total. The van der Waals surface area contributed by atoms with Crippen molar-refractivity contribution < 1.29 is 8.42 Å². The average Bonchev–Trinajstić information content (AvgIpc) is 2.17. The van der Waals surface area contributed by atoms with E-state index >= 15 is 0 Å². The maximum Gasteiger partial charge on any atom is 0.243 e. The molecule has 1 heterocycles. The molecule has 1 aromatic heterocycles. The van der Waals surface area contributed by atoms with Gasteiger partial charge in [-0.1, -0.05) is 5.92 Å². The molecule has 0 saturated heterocycles. The molecule has 0 aliphatic carbocycles. The molecule has 0 fully saturated rings. The molecule has 16 heavy (non-hydrogen) atoms. The Morgan fingerprint density at radius 1 is 1.50 bits per heavy atom. The molecule has 0 amide bonds. The van der Waals surface area contributed by atoms with E-state index in [-0.39, 0.29) is 10.7 Å². The predicted octanol–water partition coefficient (Wildman–Crippen LogP) is 0.354. The minimum atomic E-state index is -3.66. The molecule has 6 heteroatoms. The summed E-state index contributed by atoms with van der Waals surface area (Å²) in [6.45, 7) is 3.19. The fourth-order valence-corrected chi connectivity index (χ4v) is 2.26. The normalized spacial score (nSPS) is 12.1. The Hall–Kier alpha value is -1.58. The molecular formula is C10H13N3O2S. The lowest BCUT2D eigenvalue weighted by atomic mass is 10.1. The summed E-state index contributed by atoms with van der Waals surface area (Å²) < 4.78 is 26.0. The first-order valence-corrected chi connectivity index (χ1v) is 5.98. The van der Waals surface area contributed by atoms with Crippen LogP contribution in [0.5, 0.6) is 0 Å². The number of nitrogens with zero attached hydrogens (tertiary/aromatic N) is 1. The van der Waals surface area contributed by atoms with Crippen molar-refractivity contribution in [1.29, 1.82) is 0 Å². The highest BCUT2D eigenvalue weighted by Gasteiger charge is 2.24. The Kier molecular flexibility index (Phi) is 3.21. The highest BCUT2D eigenvalue weighted by molar-refractivity contribution is 7.89. The van der Waals surface area contributed by atoms with Gasteiger partial charge >= 0.3 is 0 Å². The minimum Gasteiger partial charge on any atom is -0.384 e. The van der Waals surface area contributed by atoms with Gasteiger partial charge in [0.15, 0.2) is 0 Å². The molecule has 0 atom stereocenters. The summed E-state index contributed by atoms with van der Waals surface area (Å²) in [7, 11) is -3.66. The number of aromatic nitrogens is 1. The maximum absolute atomic E-state index is 11.8. The molecule has 0 radical (unpaired) electrons. The molecular weight excluding hydrogens is 226 g/mol. The van der Waals surface area contributed by atoms with Crippen molar-refractivity contribution in [2.24, 2.45) is 0 Å². The van der Waals surface area contributed by atoms with E-state index < -0.39 is 15.6 Å². The molecule has 86 valence electrons. The van der Waals surface area contributed by atoms with Crippen LogP contribution in [0.25, 0.3) is 0 Å². The number of nitrogen functional groups attached to an aromatic ring is 1. The number of terminal acetylenes is 1. The van der Waals surface area contributed by atoms with Crippen molar-refractivity contribution in [3.63, 3.8) is 0 Å². The Morgan fingerprint density at radius 2 is 2.12 bits per heavy atom. The van der Waals surface area contributed by atoms with Gasteiger partial charge in [-0.2, -0.15) is 4.72 Å². The molecule has 0 spiro atoms. The van der Waals surface area contributed by atoms with Gasteiger partial charge in [-0.3, -0.25) is 0 Å². The second kappa shape index (κ2) is 4.12. The van der Waals surface area contributed by atoms with Crippen LogP contribution in [-0.4, -0.2) is 18.9 Å². The summed E-state index contributed by atoms with van der Waals surface area (Å²) in [6, 6.07) is 2.79. The summed E-state index contributed by atoms with van der Waals surface area (Å²) in [5, 5.41) is 0. The molecule has 0 unspecified atom stereocenters. The Morgan fingerprint density at radius 3 is 2.56 bits per heavy atom. The number of nitrogens with two attached hydrogens (primary N) is 1. The first-order chi connectivity index (χ1) is 7.27. The van der Waals surface area contributed by atoms with Crippen LogP contribution in [0.2, 0.25) is 0 Å². The Balaban J connectivity index is 3.05. The zero-order chi connectivity index (χ0) is 12.4. The third-order valence-corrected chi connectivity index (χ3v) is 3.46. The van der Waals surface area contributed by atoms with Crippen LogP contribution < -0.4 is 10.5 Å². The lowest BCUT2D eigenvalue weighted by Gasteiger charge is -2.19. The van der Waals surface area contributed by atoms with Crippen molar-refractivity contribution in [3.05, 3.63) is 18.3 Å².